The molecule has 2 N–H and O–H groups in total. The molecule has 0 radical (unpaired) electrons. The summed E-state index contributed by atoms with van der Waals surface area (Å²) in [7, 11) is 0. The lowest BCUT2D eigenvalue weighted by molar-refractivity contribution is -0.364. The van der Waals surface area contributed by atoms with E-state index in [4.69, 9.17) is 4.74 Å². The fraction of sp³-hybridized carbons (Fsp3) is 0.250. The molecule has 1 aliphatic heterocycles. The molecule has 0 bridgehead atoms. The van der Waals surface area contributed by atoms with Crippen LogP contribution in [0.25, 0.3) is 0 Å². The molecule has 1 amide bonds. The lowest BCUT2D eigenvalue weighted by Crippen LogP contribution is -2.39. The average Bonchev–Trinajstić information content (AvgIpc) is 2.57. The number of ether oxygens (including phenoxy) is 1. The number of benzene rings is 1. The molecule has 5 heteroatoms. The Labute approximate surface area is 123 Å². The van der Waals surface area contributed by atoms with Gasteiger partial charge in [0.25, 0.3) is 11.7 Å². The molecule has 0 atom stereocenters. The van der Waals surface area contributed by atoms with Crippen molar-refractivity contribution in [2.75, 3.05) is 36.5 Å². The first-order valence-corrected chi connectivity index (χ1v) is 7.04. The van der Waals surface area contributed by atoms with Crippen LogP contribution < -0.4 is 15.2 Å². The Morgan fingerprint density at radius 3 is 2.52 bits per heavy atom. The highest BCUT2D eigenvalue weighted by Gasteiger charge is 2.19. The van der Waals surface area contributed by atoms with E-state index in [-0.39, 0.29) is 5.91 Å². The van der Waals surface area contributed by atoms with Crippen LogP contribution in [0.2, 0.25) is 0 Å². The highest BCUT2D eigenvalue weighted by Crippen LogP contribution is 2.11. The van der Waals surface area contributed by atoms with Crippen molar-refractivity contribution in [2.45, 2.75) is 0 Å². The van der Waals surface area contributed by atoms with Gasteiger partial charge in [0.15, 0.2) is 0 Å². The summed E-state index contributed by atoms with van der Waals surface area (Å²) >= 11 is 0. The van der Waals surface area contributed by atoms with E-state index >= 15 is 0 Å². The third-order valence-corrected chi connectivity index (χ3v) is 3.44. The Balaban J connectivity index is 1.67. The van der Waals surface area contributed by atoms with Crippen LogP contribution in [-0.2, 0) is 4.74 Å². The van der Waals surface area contributed by atoms with Crippen molar-refractivity contribution >= 4 is 17.4 Å². The summed E-state index contributed by atoms with van der Waals surface area (Å²) in [5, 5.41) is 2.86. The van der Waals surface area contributed by atoms with Crippen molar-refractivity contribution in [3.63, 3.8) is 0 Å². The van der Waals surface area contributed by atoms with Gasteiger partial charge in [-0.2, -0.15) is 0 Å². The number of para-hydroxylation sites is 1. The van der Waals surface area contributed by atoms with Gasteiger partial charge in [0.1, 0.15) is 19.3 Å². The van der Waals surface area contributed by atoms with Crippen LogP contribution in [-0.4, -0.2) is 32.2 Å². The molecule has 0 spiro atoms. The van der Waals surface area contributed by atoms with Crippen molar-refractivity contribution < 1.29 is 14.5 Å². The number of nitrogens with one attached hydrogen (secondary N) is 2. The first-order valence-electron chi connectivity index (χ1n) is 7.04. The number of rotatable bonds is 3. The number of hydrogen-bond donors (Lipinski definition) is 1. The quantitative estimate of drug-likeness (QED) is 0.931. The predicted molar refractivity (Wildman–Crippen MR) is 80.4 cm³/mol. The molecule has 2 heterocycles. The molecular formula is C16H18N3O2+. The number of carbonyl (C=O) groups excluding carboxylic acids is 1. The second-order valence-electron chi connectivity index (χ2n) is 4.88. The van der Waals surface area contributed by atoms with Gasteiger partial charge in [-0.3, -0.25) is 9.69 Å². The van der Waals surface area contributed by atoms with Crippen LogP contribution in [0, 0.1) is 0 Å². The molecule has 21 heavy (non-hydrogen) atoms. The van der Waals surface area contributed by atoms with Crippen molar-refractivity contribution in [3.8, 4) is 0 Å². The van der Waals surface area contributed by atoms with Crippen LogP contribution in [0.4, 0.5) is 11.5 Å². The summed E-state index contributed by atoms with van der Waals surface area (Å²) in [4.78, 5) is 17.5. The third kappa shape index (κ3) is 3.38. The van der Waals surface area contributed by atoms with Crippen LogP contribution in [0.1, 0.15) is 10.4 Å². The molecule has 108 valence electrons. The summed E-state index contributed by atoms with van der Waals surface area (Å²) in [6.07, 6.45) is 1.74. The van der Waals surface area contributed by atoms with E-state index in [0.29, 0.717) is 5.56 Å². The minimum Gasteiger partial charge on any atom is -0.373 e. The number of aromatic amines is 1. The monoisotopic (exact) mass is 284 g/mol. The summed E-state index contributed by atoms with van der Waals surface area (Å²) in [6.45, 7) is 3.21. The number of amides is 1. The molecule has 1 saturated heterocycles. The average molecular weight is 284 g/mol. The van der Waals surface area contributed by atoms with E-state index in [9.17, 15) is 4.79 Å². The highest BCUT2D eigenvalue weighted by molar-refractivity contribution is 6.03. The van der Waals surface area contributed by atoms with Crippen molar-refractivity contribution in [3.05, 3.63) is 54.2 Å². The third-order valence-electron chi connectivity index (χ3n) is 3.44. The Bertz CT molecular complexity index is 593. The van der Waals surface area contributed by atoms with E-state index < -0.39 is 0 Å². The summed E-state index contributed by atoms with van der Waals surface area (Å²) in [5.74, 6) is 0.889. The highest BCUT2D eigenvalue weighted by atomic mass is 16.5. The van der Waals surface area contributed by atoms with Gasteiger partial charge in [0.05, 0.1) is 18.8 Å². The van der Waals surface area contributed by atoms with Crippen LogP contribution in [0.15, 0.2) is 48.7 Å². The fourth-order valence-electron chi connectivity index (χ4n) is 2.28. The Kier molecular flexibility index (Phi) is 4.12. The molecule has 2 aromatic rings. The lowest BCUT2D eigenvalue weighted by Gasteiger charge is -2.21. The van der Waals surface area contributed by atoms with Gasteiger partial charge >= 0.3 is 0 Å². The lowest BCUT2D eigenvalue weighted by atomic mass is 10.2. The molecule has 3 rings (SSSR count). The predicted octanol–water partition coefficient (Wildman–Crippen LogP) is 1.59. The minimum atomic E-state index is -0.119. The van der Waals surface area contributed by atoms with Crippen LogP contribution in [0.3, 0.4) is 0 Å². The summed E-state index contributed by atoms with van der Waals surface area (Å²) in [5.41, 5.74) is 1.40. The molecule has 1 aromatic heterocycles. The standard InChI is InChI=1S/C16H17N3O2/c20-16(18-14-4-2-1-3-5-14)13-6-7-15(17-12-13)19-8-10-21-11-9-19/h1-7,12H,8-11H2,(H,18,20)/p+1. The topological polar surface area (TPSA) is 55.7 Å². The normalized spacial score (nSPS) is 14.8. The second kappa shape index (κ2) is 6.37. The zero-order chi connectivity index (χ0) is 14.5. The number of nitrogens with zero attached hydrogens (tertiary/aromatic N) is 1. The molecule has 1 aromatic carbocycles. The zero-order valence-electron chi connectivity index (χ0n) is 11.7. The van der Waals surface area contributed by atoms with E-state index in [1.165, 1.54) is 0 Å². The number of aromatic nitrogens is 1. The van der Waals surface area contributed by atoms with E-state index in [2.05, 4.69) is 15.2 Å². The van der Waals surface area contributed by atoms with Crippen LogP contribution >= 0.6 is 0 Å². The Morgan fingerprint density at radius 1 is 1.10 bits per heavy atom. The number of H-pyrrole nitrogens is 1. The van der Waals surface area contributed by atoms with E-state index in [1.807, 2.05) is 42.5 Å². The first kappa shape index (κ1) is 13.6. The van der Waals surface area contributed by atoms with Gasteiger partial charge in [-0.15, -0.1) is 0 Å². The van der Waals surface area contributed by atoms with Gasteiger partial charge in [-0.25, -0.2) is 4.98 Å². The smallest absolute Gasteiger partial charge is 0.274 e. The maximum absolute atomic E-state index is 12.1. The number of pyridine rings is 1. The number of anilines is 2. The van der Waals surface area contributed by atoms with E-state index in [1.54, 1.807) is 6.20 Å². The maximum Gasteiger partial charge on any atom is 0.274 e. The molecule has 1 aliphatic rings. The largest absolute Gasteiger partial charge is 0.373 e. The first-order chi connectivity index (χ1) is 10.3. The van der Waals surface area contributed by atoms with Crippen molar-refractivity contribution in [1.82, 2.24) is 0 Å². The van der Waals surface area contributed by atoms with Gasteiger partial charge in [0, 0.05) is 11.8 Å². The molecule has 0 saturated carbocycles. The molecule has 0 unspecified atom stereocenters. The number of morpholine rings is 1. The number of carbonyl (C=O) groups is 1. The second-order valence-corrected chi connectivity index (χ2v) is 4.88. The van der Waals surface area contributed by atoms with E-state index in [0.717, 1.165) is 37.8 Å². The maximum atomic E-state index is 12.1. The van der Waals surface area contributed by atoms with Crippen molar-refractivity contribution in [1.29, 1.82) is 0 Å². The van der Waals surface area contributed by atoms with Gasteiger partial charge in [0.2, 0.25) is 0 Å². The minimum absolute atomic E-state index is 0.119. The summed E-state index contributed by atoms with van der Waals surface area (Å²) < 4.78 is 5.33. The number of hydrogen-bond acceptors (Lipinski definition) is 3. The zero-order valence-corrected chi connectivity index (χ0v) is 11.7. The Hall–Kier alpha value is -2.40. The molecular weight excluding hydrogens is 266 g/mol. The van der Waals surface area contributed by atoms with Crippen LogP contribution in [0.5, 0.6) is 0 Å². The molecule has 0 aliphatic carbocycles. The molecule has 1 fully saturated rings. The van der Waals surface area contributed by atoms with Crippen molar-refractivity contribution in [2.24, 2.45) is 0 Å². The van der Waals surface area contributed by atoms with Gasteiger partial charge in [-0.1, -0.05) is 18.2 Å². The van der Waals surface area contributed by atoms with Gasteiger partial charge in [-0.05, 0) is 18.2 Å². The van der Waals surface area contributed by atoms with Gasteiger partial charge < -0.3 is 10.1 Å². The SMILES string of the molecule is O=C(Nc1ccccc1)c1ccc(N2CCOCC2)[nH+]c1. The fourth-order valence-corrected chi connectivity index (χ4v) is 2.28. The Morgan fingerprint density at radius 2 is 1.86 bits per heavy atom. The summed E-state index contributed by atoms with van der Waals surface area (Å²) in [6, 6.07) is 13.2. The molecule has 5 nitrogen and oxygen atoms in total.